The Labute approximate surface area is 153 Å². The van der Waals surface area contributed by atoms with Crippen LogP contribution in [0.3, 0.4) is 0 Å². The second-order valence-electron chi connectivity index (χ2n) is 5.26. The number of carbonyl (C=O) groups excluding carboxylic acids is 2. The minimum atomic E-state index is -1.32. The molecule has 0 bridgehead atoms. The van der Waals surface area contributed by atoms with Gasteiger partial charge in [0.1, 0.15) is 5.75 Å². The number of rotatable bonds is 7. The number of carbonyl (C=O) groups is 4. The molecule has 0 aliphatic carbocycles. The third kappa shape index (κ3) is 5.30. The highest BCUT2D eigenvalue weighted by Gasteiger charge is 2.13. The van der Waals surface area contributed by atoms with Gasteiger partial charge in [-0.05, 0) is 42.5 Å². The molecule has 3 N–H and O–H groups in total. The number of aromatic carboxylic acids is 2. The Hall–Kier alpha value is -3.88. The van der Waals surface area contributed by atoms with Gasteiger partial charge in [-0.25, -0.2) is 14.4 Å². The monoisotopic (exact) mass is 373 g/mol. The molecule has 0 aliphatic heterocycles. The van der Waals surface area contributed by atoms with Crippen molar-refractivity contribution in [2.75, 3.05) is 19.0 Å². The van der Waals surface area contributed by atoms with Gasteiger partial charge in [0.25, 0.3) is 5.91 Å². The van der Waals surface area contributed by atoms with Gasteiger partial charge < -0.3 is 25.0 Å². The summed E-state index contributed by atoms with van der Waals surface area (Å²) in [7, 11) is 1.25. The van der Waals surface area contributed by atoms with E-state index in [1.807, 2.05) is 0 Å². The van der Waals surface area contributed by atoms with Crippen molar-refractivity contribution in [3.8, 4) is 5.75 Å². The van der Waals surface area contributed by atoms with Crippen molar-refractivity contribution in [2.45, 2.75) is 0 Å². The normalized spacial score (nSPS) is 9.96. The molecule has 140 valence electrons. The first kappa shape index (κ1) is 19.4. The maximum Gasteiger partial charge on any atom is 0.337 e. The van der Waals surface area contributed by atoms with Crippen LogP contribution in [0.15, 0.2) is 42.5 Å². The molecule has 0 atom stereocenters. The highest BCUT2D eigenvalue weighted by molar-refractivity contribution is 5.95. The average Bonchev–Trinajstić information content (AvgIpc) is 2.66. The molecule has 2 aromatic carbocycles. The predicted octanol–water partition coefficient (Wildman–Crippen LogP) is 1.89. The van der Waals surface area contributed by atoms with Gasteiger partial charge in [-0.2, -0.15) is 0 Å². The molecule has 2 rings (SSSR count). The van der Waals surface area contributed by atoms with Crippen LogP contribution in [0.2, 0.25) is 0 Å². The first-order chi connectivity index (χ1) is 12.8. The van der Waals surface area contributed by atoms with Gasteiger partial charge >= 0.3 is 17.9 Å². The number of anilines is 1. The summed E-state index contributed by atoms with van der Waals surface area (Å²) in [5.41, 5.74) is 0.174. The molecule has 0 heterocycles. The fourth-order valence-corrected chi connectivity index (χ4v) is 2.08. The standard InChI is InChI=1S/C18H15NO8/c1-26-18(25)10-2-4-13(5-3-10)19-15(20)9-27-14-7-11(16(21)22)6-12(8-14)17(23)24/h2-8H,9H2,1H3,(H,19,20)(H,21,22)(H,23,24). The van der Waals surface area contributed by atoms with Crippen molar-refractivity contribution < 1.29 is 38.9 Å². The maximum absolute atomic E-state index is 11.9. The average molecular weight is 373 g/mol. The molecule has 27 heavy (non-hydrogen) atoms. The quantitative estimate of drug-likeness (QED) is 0.625. The van der Waals surface area contributed by atoms with Crippen molar-refractivity contribution in [3.05, 3.63) is 59.2 Å². The van der Waals surface area contributed by atoms with E-state index < -0.39 is 30.4 Å². The van der Waals surface area contributed by atoms with Crippen LogP contribution in [0.25, 0.3) is 0 Å². The number of esters is 1. The van der Waals surface area contributed by atoms with Crippen molar-refractivity contribution in [1.82, 2.24) is 0 Å². The lowest BCUT2D eigenvalue weighted by Crippen LogP contribution is -2.20. The summed E-state index contributed by atoms with van der Waals surface area (Å²) in [5, 5.41) is 20.5. The molecule has 1 amide bonds. The van der Waals surface area contributed by atoms with E-state index in [9.17, 15) is 19.2 Å². The van der Waals surface area contributed by atoms with Crippen LogP contribution in [0.4, 0.5) is 5.69 Å². The highest BCUT2D eigenvalue weighted by atomic mass is 16.5. The molecule has 0 unspecified atom stereocenters. The lowest BCUT2D eigenvalue weighted by Gasteiger charge is -2.09. The van der Waals surface area contributed by atoms with E-state index in [1.165, 1.54) is 31.4 Å². The number of hydrogen-bond acceptors (Lipinski definition) is 6. The minimum absolute atomic E-state index is 0.0662. The van der Waals surface area contributed by atoms with E-state index in [1.54, 1.807) is 0 Å². The fraction of sp³-hybridized carbons (Fsp3) is 0.111. The van der Waals surface area contributed by atoms with Crippen molar-refractivity contribution in [1.29, 1.82) is 0 Å². The zero-order chi connectivity index (χ0) is 20.0. The van der Waals surface area contributed by atoms with Crippen LogP contribution in [-0.2, 0) is 9.53 Å². The Kier molecular flexibility index (Phi) is 6.10. The summed E-state index contributed by atoms with van der Waals surface area (Å²) >= 11 is 0. The van der Waals surface area contributed by atoms with Gasteiger partial charge in [-0.3, -0.25) is 4.79 Å². The number of methoxy groups -OCH3 is 1. The van der Waals surface area contributed by atoms with Gasteiger partial charge in [0.15, 0.2) is 6.61 Å². The van der Waals surface area contributed by atoms with E-state index >= 15 is 0 Å². The lowest BCUT2D eigenvalue weighted by molar-refractivity contribution is -0.118. The molecule has 2 aromatic rings. The Morgan fingerprint density at radius 3 is 1.93 bits per heavy atom. The summed E-state index contributed by atoms with van der Waals surface area (Å²) in [5.74, 6) is -3.78. The van der Waals surface area contributed by atoms with Gasteiger partial charge in [0.2, 0.25) is 0 Å². The summed E-state index contributed by atoms with van der Waals surface area (Å²) in [6.07, 6.45) is 0. The SMILES string of the molecule is COC(=O)c1ccc(NC(=O)COc2cc(C(=O)O)cc(C(=O)O)c2)cc1. The molecular weight excluding hydrogens is 358 g/mol. The number of hydrogen-bond donors (Lipinski definition) is 3. The number of nitrogens with one attached hydrogen (secondary N) is 1. The molecule has 0 saturated carbocycles. The first-order valence-electron chi connectivity index (χ1n) is 7.53. The van der Waals surface area contributed by atoms with Gasteiger partial charge in [-0.15, -0.1) is 0 Å². The Morgan fingerprint density at radius 1 is 0.889 bits per heavy atom. The largest absolute Gasteiger partial charge is 0.484 e. The molecule has 9 heteroatoms. The zero-order valence-electron chi connectivity index (χ0n) is 14.1. The van der Waals surface area contributed by atoms with Crippen LogP contribution in [0, 0.1) is 0 Å². The van der Waals surface area contributed by atoms with Crippen molar-refractivity contribution in [2.24, 2.45) is 0 Å². The van der Waals surface area contributed by atoms with E-state index in [-0.39, 0.29) is 16.9 Å². The third-order valence-electron chi connectivity index (χ3n) is 3.36. The van der Waals surface area contributed by atoms with Gasteiger partial charge in [-0.1, -0.05) is 0 Å². The Morgan fingerprint density at radius 2 is 1.44 bits per heavy atom. The predicted molar refractivity (Wildman–Crippen MR) is 92.3 cm³/mol. The molecule has 0 radical (unpaired) electrons. The van der Waals surface area contributed by atoms with Crippen LogP contribution >= 0.6 is 0 Å². The molecule has 0 aromatic heterocycles. The third-order valence-corrected chi connectivity index (χ3v) is 3.36. The number of amides is 1. The lowest BCUT2D eigenvalue weighted by atomic mass is 10.1. The van der Waals surface area contributed by atoms with E-state index in [0.29, 0.717) is 11.3 Å². The minimum Gasteiger partial charge on any atom is -0.484 e. The Bertz CT molecular complexity index is 856. The highest BCUT2D eigenvalue weighted by Crippen LogP contribution is 2.18. The van der Waals surface area contributed by atoms with Gasteiger partial charge in [0.05, 0.1) is 23.8 Å². The van der Waals surface area contributed by atoms with Gasteiger partial charge in [0, 0.05) is 5.69 Å². The molecule has 0 spiro atoms. The maximum atomic E-state index is 11.9. The summed E-state index contributed by atoms with van der Waals surface area (Å²) in [6, 6.07) is 9.16. The first-order valence-corrected chi connectivity index (χ1v) is 7.53. The molecule has 9 nitrogen and oxygen atoms in total. The smallest absolute Gasteiger partial charge is 0.337 e. The fourth-order valence-electron chi connectivity index (χ4n) is 2.08. The molecule has 0 saturated heterocycles. The second kappa shape index (κ2) is 8.48. The number of carboxylic acid groups (broad SMARTS) is 2. The van der Waals surface area contributed by atoms with E-state index in [4.69, 9.17) is 14.9 Å². The zero-order valence-corrected chi connectivity index (χ0v) is 14.1. The topological polar surface area (TPSA) is 139 Å². The van der Waals surface area contributed by atoms with Crippen LogP contribution in [-0.4, -0.2) is 47.7 Å². The number of benzene rings is 2. The van der Waals surface area contributed by atoms with Crippen molar-refractivity contribution in [3.63, 3.8) is 0 Å². The van der Waals surface area contributed by atoms with Crippen LogP contribution in [0.5, 0.6) is 5.75 Å². The molecular formula is C18H15NO8. The van der Waals surface area contributed by atoms with Crippen LogP contribution < -0.4 is 10.1 Å². The van der Waals surface area contributed by atoms with Crippen LogP contribution in [0.1, 0.15) is 31.1 Å². The van der Waals surface area contributed by atoms with E-state index in [2.05, 4.69) is 10.1 Å². The number of ether oxygens (including phenoxy) is 2. The summed E-state index contributed by atoms with van der Waals surface area (Å²) < 4.78 is 9.76. The van der Waals surface area contributed by atoms with Crippen molar-refractivity contribution >= 4 is 29.5 Å². The summed E-state index contributed by atoms with van der Waals surface area (Å²) in [6.45, 7) is -0.471. The molecule has 0 fully saturated rings. The Balaban J connectivity index is 2.02. The number of carboxylic acids is 2. The van der Waals surface area contributed by atoms with E-state index in [0.717, 1.165) is 18.2 Å². The summed E-state index contributed by atoms with van der Waals surface area (Å²) in [4.78, 5) is 45.4. The molecule has 0 aliphatic rings. The second-order valence-corrected chi connectivity index (χ2v) is 5.26.